The second-order valence-corrected chi connectivity index (χ2v) is 8.04. The first kappa shape index (κ1) is 21.6. The van der Waals surface area contributed by atoms with Crippen LogP contribution in [0.25, 0.3) is 11.0 Å². The summed E-state index contributed by atoms with van der Waals surface area (Å²) >= 11 is 0. The Hall–Kier alpha value is -3.61. The van der Waals surface area contributed by atoms with Gasteiger partial charge in [0.25, 0.3) is 0 Å². The van der Waals surface area contributed by atoms with Crippen molar-refractivity contribution in [3.8, 4) is 5.75 Å². The van der Waals surface area contributed by atoms with E-state index >= 15 is 0 Å². The Balaban J connectivity index is 1.50. The minimum atomic E-state index is -0.930. The van der Waals surface area contributed by atoms with Crippen LogP contribution in [-0.4, -0.2) is 18.1 Å². The van der Waals surface area contributed by atoms with Gasteiger partial charge in [0, 0.05) is 5.56 Å². The molecule has 0 saturated heterocycles. The van der Waals surface area contributed by atoms with Gasteiger partial charge in [-0.05, 0) is 68.4 Å². The highest BCUT2D eigenvalue weighted by molar-refractivity contribution is 5.92. The summed E-state index contributed by atoms with van der Waals surface area (Å²) in [4.78, 5) is 37.2. The molecule has 1 aromatic heterocycles. The zero-order chi connectivity index (χ0) is 22.7. The molecule has 0 radical (unpaired) electrons. The Kier molecular flexibility index (Phi) is 6.25. The molecule has 0 bridgehead atoms. The predicted molar refractivity (Wildman–Crippen MR) is 119 cm³/mol. The molecule has 7 heteroatoms. The number of carbonyl (C=O) groups excluding carboxylic acids is 2. The molecular formula is C25H25NO6. The zero-order valence-electron chi connectivity index (χ0n) is 18.1. The number of amides is 1. The van der Waals surface area contributed by atoms with Gasteiger partial charge in [0.05, 0.1) is 5.39 Å². The lowest BCUT2D eigenvalue weighted by atomic mass is 9.90. The number of alkyl carbamates (subject to hydrolysis) is 1. The molecule has 0 aliphatic heterocycles. The lowest BCUT2D eigenvalue weighted by Gasteiger charge is -2.19. The van der Waals surface area contributed by atoms with E-state index in [1.807, 2.05) is 37.3 Å². The van der Waals surface area contributed by atoms with Crippen LogP contribution in [0.2, 0.25) is 0 Å². The van der Waals surface area contributed by atoms with Crippen molar-refractivity contribution in [3.05, 3.63) is 75.1 Å². The van der Waals surface area contributed by atoms with Gasteiger partial charge in [0.2, 0.25) is 0 Å². The van der Waals surface area contributed by atoms with E-state index < -0.39 is 18.1 Å². The Morgan fingerprint density at radius 2 is 1.81 bits per heavy atom. The molecule has 166 valence electrons. The molecule has 0 fully saturated rings. The first-order valence-corrected chi connectivity index (χ1v) is 10.7. The van der Waals surface area contributed by atoms with E-state index in [4.69, 9.17) is 13.9 Å². The summed E-state index contributed by atoms with van der Waals surface area (Å²) in [5.41, 5.74) is 3.25. The van der Waals surface area contributed by atoms with Crippen LogP contribution in [0.1, 0.15) is 42.0 Å². The van der Waals surface area contributed by atoms with Gasteiger partial charge < -0.3 is 19.2 Å². The SMILES string of the molecule is Cc1cc(OC(=O)[C@@H](C)NC(=O)OCc2ccccc2)c2c3c(c(=O)oc2c1)CCCC3. The van der Waals surface area contributed by atoms with Gasteiger partial charge in [0.1, 0.15) is 24.0 Å². The van der Waals surface area contributed by atoms with Crippen LogP contribution < -0.4 is 15.7 Å². The maximum atomic E-state index is 12.7. The Bertz CT molecular complexity index is 1210. The summed E-state index contributed by atoms with van der Waals surface area (Å²) in [6, 6.07) is 11.8. The third-order valence-corrected chi connectivity index (χ3v) is 5.54. The highest BCUT2D eigenvalue weighted by Crippen LogP contribution is 2.34. The third kappa shape index (κ3) is 4.66. The molecule has 2 aromatic carbocycles. The average molecular weight is 435 g/mol. The van der Waals surface area contributed by atoms with E-state index in [2.05, 4.69) is 5.32 Å². The summed E-state index contributed by atoms with van der Waals surface area (Å²) in [7, 11) is 0. The lowest BCUT2D eigenvalue weighted by Crippen LogP contribution is -2.41. The molecule has 1 aliphatic carbocycles. The van der Waals surface area contributed by atoms with Crippen LogP contribution in [0.4, 0.5) is 4.79 Å². The number of benzene rings is 2. The number of ether oxygens (including phenoxy) is 2. The van der Waals surface area contributed by atoms with E-state index in [9.17, 15) is 14.4 Å². The van der Waals surface area contributed by atoms with E-state index in [1.165, 1.54) is 6.92 Å². The van der Waals surface area contributed by atoms with Gasteiger partial charge in [-0.1, -0.05) is 30.3 Å². The van der Waals surface area contributed by atoms with Crippen molar-refractivity contribution >= 4 is 23.0 Å². The fourth-order valence-electron chi connectivity index (χ4n) is 3.94. The molecule has 1 heterocycles. The average Bonchev–Trinajstić information content (AvgIpc) is 2.78. The van der Waals surface area contributed by atoms with Crippen molar-refractivity contribution in [2.75, 3.05) is 0 Å². The normalized spacial score (nSPS) is 13.8. The molecule has 0 saturated carbocycles. The van der Waals surface area contributed by atoms with Gasteiger partial charge in [-0.15, -0.1) is 0 Å². The van der Waals surface area contributed by atoms with E-state index in [0.29, 0.717) is 28.7 Å². The monoisotopic (exact) mass is 435 g/mol. The second-order valence-electron chi connectivity index (χ2n) is 8.04. The number of aryl methyl sites for hydroxylation is 2. The van der Waals surface area contributed by atoms with Crippen LogP contribution in [0.3, 0.4) is 0 Å². The molecule has 4 rings (SSSR count). The number of fused-ring (bicyclic) bond motifs is 3. The summed E-state index contributed by atoms with van der Waals surface area (Å²) < 4.78 is 16.4. The maximum absolute atomic E-state index is 12.7. The van der Waals surface area contributed by atoms with Crippen molar-refractivity contribution in [1.82, 2.24) is 5.32 Å². The van der Waals surface area contributed by atoms with Crippen molar-refractivity contribution < 1.29 is 23.5 Å². The number of rotatable bonds is 5. The van der Waals surface area contributed by atoms with E-state index in [-0.39, 0.29) is 12.2 Å². The Labute approximate surface area is 185 Å². The maximum Gasteiger partial charge on any atom is 0.408 e. The Morgan fingerprint density at radius 3 is 2.56 bits per heavy atom. The summed E-state index contributed by atoms with van der Waals surface area (Å²) in [5.74, 6) is -0.303. The van der Waals surface area contributed by atoms with Crippen molar-refractivity contribution in [3.63, 3.8) is 0 Å². The molecule has 3 aromatic rings. The van der Waals surface area contributed by atoms with Crippen LogP contribution in [0.5, 0.6) is 5.75 Å². The van der Waals surface area contributed by atoms with Crippen LogP contribution in [-0.2, 0) is 29.0 Å². The summed E-state index contributed by atoms with van der Waals surface area (Å²) in [6.07, 6.45) is 2.55. The molecular weight excluding hydrogens is 410 g/mol. The quantitative estimate of drug-likeness (QED) is 0.367. The highest BCUT2D eigenvalue weighted by Gasteiger charge is 2.24. The van der Waals surface area contributed by atoms with E-state index in [1.54, 1.807) is 12.1 Å². The van der Waals surface area contributed by atoms with Gasteiger partial charge >= 0.3 is 17.7 Å². The number of hydrogen-bond acceptors (Lipinski definition) is 6. The number of carbonyl (C=O) groups is 2. The summed E-state index contributed by atoms with van der Waals surface area (Å²) in [6.45, 7) is 3.46. The molecule has 1 amide bonds. The van der Waals surface area contributed by atoms with Crippen molar-refractivity contribution in [2.24, 2.45) is 0 Å². The van der Waals surface area contributed by atoms with Gasteiger partial charge in [-0.2, -0.15) is 0 Å². The minimum absolute atomic E-state index is 0.0993. The van der Waals surface area contributed by atoms with Crippen molar-refractivity contribution in [1.29, 1.82) is 0 Å². The Morgan fingerprint density at radius 1 is 1.09 bits per heavy atom. The first-order chi connectivity index (χ1) is 15.4. The fraction of sp³-hybridized carbons (Fsp3) is 0.320. The molecule has 1 N–H and O–H groups in total. The number of esters is 1. The summed E-state index contributed by atoms with van der Waals surface area (Å²) in [5, 5.41) is 3.15. The van der Waals surface area contributed by atoms with Crippen LogP contribution in [0.15, 0.2) is 51.7 Å². The van der Waals surface area contributed by atoms with E-state index in [0.717, 1.165) is 36.0 Å². The molecule has 1 atom stereocenters. The fourth-order valence-corrected chi connectivity index (χ4v) is 3.94. The minimum Gasteiger partial charge on any atom is -0.445 e. The number of hydrogen-bond donors (Lipinski definition) is 1. The van der Waals surface area contributed by atoms with Crippen LogP contribution in [0, 0.1) is 6.92 Å². The topological polar surface area (TPSA) is 94.8 Å². The zero-order valence-corrected chi connectivity index (χ0v) is 18.1. The highest BCUT2D eigenvalue weighted by atomic mass is 16.6. The molecule has 32 heavy (non-hydrogen) atoms. The largest absolute Gasteiger partial charge is 0.445 e. The smallest absolute Gasteiger partial charge is 0.408 e. The molecule has 1 aliphatic rings. The first-order valence-electron chi connectivity index (χ1n) is 10.7. The molecule has 0 spiro atoms. The standard InChI is InChI=1S/C25H25NO6/c1-15-12-20(22-18-10-6-7-11-19(18)24(28)32-21(22)13-15)31-23(27)16(2)26-25(29)30-14-17-8-4-3-5-9-17/h3-5,8-9,12-13,16H,6-7,10-11,14H2,1-2H3,(H,26,29)/t16-/m1/s1. The molecule has 0 unspecified atom stereocenters. The van der Waals surface area contributed by atoms with Gasteiger partial charge in [-0.3, -0.25) is 0 Å². The van der Waals surface area contributed by atoms with Crippen LogP contribution >= 0.6 is 0 Å². The second kappa shape index (κ2) is 9.26. The van der Waals surface area contributed by atoms with Gasteiger partial charge in [-0.25, -0.2) is 14.4 Å². The van der Waals surface area contributed by atoms with Gasteiger partial charge in [0.15, 0.2) is 0 Å². The van der Waals surface area contributed by atoms with Crippen molar-refractivity contribution in [2.45, 2.75) is 52.2 Å². The number of nitrogens with one attached hydrogen (secondary N) is 1. The lowest BCUT2D eigenvalue weighted by molar-refractivity contribution is -0.136. The third-order valence-electron chi connectivity index (χ3n) is 5.54. The molecule has 7 nitrogen and oxygen atoms in total. The predicted octanol–water partition coefficient (Wildman–Crippen LogP) is 4.20.